The molecule has 1 aliphatic heterocycles. The van der Waals surface area contributed by atoms with Crippen molar-refractivity contribution >= 4 is 5.97 Å². The van der Waals surface area contributed by atoms with Crippen molar-refractivity contribution in [1.29, 1.82) is 0 Å². The zero-order valence-corrected chi connectivity index (χ0v) is 17.8. The highest BCUT2D eigenvalue weighted by molar-refractivity contribution is 5.86. The Balaban J connectivity index is 1.89. The molecular weight excluding hydrogens is 360 g/mol. The number of hydrogen-bond acceptors (Lipinski definition) is 3. The van der Waals surface area contributed by atoms with Gasteiger partial charge in [-0.3, -0.25) is 0 Å². The molecule has 4 rings (SSSR count). The van der Waals surface area contributed by atoms with Crippen LogP contribution in [0, 0.1) is 0 Å². The predicted molar refractivity (Wildman–Crippen MR) is 114 cm³/mol. The van der Waals surface area contributed by atoms with Gasteiger partial charge >= 0.3 is 0 Å². The van der Waals surface area contributed by atoms with Crippen molar-refractivity contribution in [3.63, 3.8) is 0 Å². The number of benzene rings is 2. The molecule has 0 saturated carbocycles. The second-order valence-corrected chi connectivity index (χ2v) is 9.89. The number of allylic oxidation sites excluding steroid dienone is 1. The first-order valence-electron chi connectivity index (χ1n) is 10.4. The molecule has 2 aromatic carbocycles. The number of carbonyl (C=O) groups excluding carboxylic acids is 1. The number of carbonyl (C=O) groups is 1. The first-order valence-corrected chi connectivity index (χ1v) is 10.4. The topological polar surface area (TPSA) is 49.4 Å². The van der Waals surface area contributed by atoms with E-state index in [2.05, 4.69) is 52.5 Å². The molecule has 0 amide bonds. The predicted octanol–water partition coefficient (Wildman–Crippen LogP) is 4.65. The summed E-state index contributed by atoms with van der Waals surface area (Å²) in [5.74, 6) is -0.554. The summed E-state index contributed by atoms with van der Waals surface area (Å²) in [6, 6.07) is 12.0. The van der Waals surface area contributed by atoms with Gasteiger partial charge in [0.1, 0.15) is 12.4 Å². The van der Waals surface area contributed by atoms with Crippen LogP contribution in [0.4, 0.5) is 0 Å². The Labute approximate surface area is 173 Å². The van der Waals surface area contributed by atoms with E-state index in [9.17, 15) is 9.90 Å². The van der Waals surface area contributed by atoms with Gasteiger partial charge in [-0.2, -0.15) is 0 Å². The number of rotatable bonds is 4. The molecule has 1 heterocycles. The third-order valence-electron chi connectivity index (χ3n) is 7.11. The first-order chi connectivity index (χ1) is 13.6. The third kappa shape index (κ3) is 2.99. The average Bonchev–Trinajstić information content (AvgIpc) is 3.04. The van der Waals surface area contributed by atoms with Crippen LogP contribution in [0.5, 0.6) is 5.75 Å². The molecule has 1 aliphatic carbocycles. The van der Waals surface area contributed by atoms with Gasteiger partial charge in [0.05, 0.1) is 11.4 Å². The van der Waals surface area contributed by atoms with Crippen molar-refractivity contribution in [1.82, 2.24) is 0 Å². The molecule has 1 unspecified atom stereocenters. The Morgan fingerprint density at radius 1 is 1.03 bits per heavy atom. The van der Waals surface area contributed by atoms with Gasteiger partial charge in [-0.25, -0.2) is 0 Å². The maximum absolute atomic E-state index is 11.3. The Hall–Kier alpha value is -2.55. The van der Waals surface area contributed by atoms with Crippen molar-refractivity contribution in [3.05, 3.63) is 76.9 Å². The minimum atomic E-state index is -1.18. The number of fused-ring (bicyclic) bond motifs is 2. The van der Waals surface area contributed by atoms with Crippen LogP contribution >= 0.6 is 0 Å². The Kier molecular flexibility index (Phi) is 4.41. The van der Waals surface area contributed by atoms with Gasteiger partial charge in [-0.1, -0.05) is 64.1 Å². The number of ether oxygens (including phenoxy) is 1. The first kappa shape index (κ1) is 19.8. The Morgan fingerprint density at radius 2 is 1.69 bits per heavy atom. The number of carboxylic acids is 1. The van der Waals surface area contributed by atoms with E-state index in [-0.39, 0.29) is 21.8 Å². The molecule has 152 valence electrons. The molecule has 0 aromatic heterocycles. The molecule has 0 radical (unpaired) electrons. The minimum absolute atomic E-state index is 0.122. The SMILES string of the molecule is C=CCC1(c2ccc3c(c2)C(C)(C)CCC3(C)C)COc2cc(C(=O)[O-])ccc21. The van der Waals surface area contributed by atoms with Gasteiger partial charge in [0.25, 0.3) is 0 Å². The fourth-order valence-corrected chi connectivity index (χ4v) is 5.10. The molecule has 3 heteroatoms. The second kappa shape index (κ2) is 6.48. The normalized spacial score (nSPS) is 23.6. The van der Waals surface area contributed by atoms with Crippen LogP contribution in [0.2, 0.25) is 0 Å². The molecule has 0 spiro atoms. The smallest absolute Gasteiger partial charge is 0.124 e. The van der Waals surface area contributed by atoms with Gasteiger partial charge in [-0.05, 0) is 52.8 Å². The van der Waals surface area contributed by atoms with E-state index in [4.69, 9.17) is 4.74 Å². The van der Waals surface area contributed by atoms with E-state index in [1.54, 1.807) is 12.1 Å². The monoisotopic (exact) mass is 389 g/mol. The molecule has 29 heavy (non-hydrogen) atoms. The summed E-state index contributed by atoms with van der Waals surface area (Å²) in [7, 11) is 0. The van der Waals surface area contributed by atoms with Crippen molar-refractivity contribution in [2.45, 2.75) is 63.2 Å². The van der Waals surface area contributed by atoms with Crippen molar-refractivity contribution in [2.75, 3.05) is 6.61 Å². The highest BCUT2D eigenvalue weighted by Crippen LogP contribution is 2.50. The average molecular weight is 390 g/mol. The number of carboxylic acid groups (broad SMARTS) is 1. The van der Waals surface area contributed by atoms with Crippen LogP contribution in [0.1, 0.15) is 79.6 Å². The van der Waals surface area contributed by atoms with Gasteiger partial charge < -0.3 is 14.6 Å². The molecule has 0 saturated heterocycles. The van der Waals surface area contributed by atoms with E-state index >= 15 is 0 Å². The maximum atomic E-state index is 11.3. The summed E-state index contributed by atoms with van der Waals surface area (Å²) < 4.78 is 6.01. The summed E-state index contributed by atoms with van der Waals surface area (Å²) in [5, 5.41) is 11.3. The molecule has 1 atom stereocenters. The van der Waals surface area contributed by atoms with E-state index < -0.39 is 5.97 Å². The Morgan fingerprint density at radius 3 is 2.34 bits per heavy atom. The highest BCUT2D eigenvalue weighted by Gasteiger charge is 2.44. The van der Waals surface area contributed by atoms with Crippen LogP contribution in [0.15, 0.2) is 49.1 Å². The zero-order valence-electron chi connectivity index (χ0n) is 17.8. The fraction of sp³-hybridized carbons (Fsp3) is 0.423. The van der Waals surface area contributed by atoms with Crippen molar-refractivity contribution in [2.24, 2.45) is 0 Å². The van der Waals surface area contributed by atoms with Crippen LogP contribution in [0.25, 0.3) is 0 Å². The van der Waals surface area contributed by atoms with E-state index in [0.29, 0.717) is 12.4 Å². The van der Waals surface area contributed by atoms with Crippen LogP contribution in [-0.2, 0) is 16.2 Å². The molecule has 0 fully saturated rings. The summed E-state index contributed by atoms with van der Waals surface area (Å²) in [5.41, 5.74) is 5.16. The van der Waals surface area contributed by atoms with Gasteiger partial charge in [-0.15, -0.1) is 6.58 Å². The summed E-state index contributed by atoms with van der Waals surface area (Å²) in [4.78, 5) is 11.3. The number of hydrogen-bond donors (Lipinski definition) is 0. The van der Waals surface area contributed by atoms with E-state index in [0.717, 1.165) is 18.4 Å². The Bertz CT molecular complexity index is 999. The largest absolute Gasteiger partial charge is 0.545 e. The zero-order chi connectivity index (χ0) is 21.0. The molecule has 2 aromatic rings. The lowest BCUT2D eigenvalue weighted by molar-refractivity contribution is -0.255. The van der Waals surface area contributed by atoms with E-state index in [1.807, 2.05) is 12.1 Å². The quantitative estimate of drug-likeness (QED) is 0.715. The number of aromatic carboxylic acids is 1. The second-order valence-electron chi connectivity index (χ2n) is 9.89. The lowest BCUT2D eigenvalue weighted by atomic mass is 9.61. The standard InChI is InChI=1S/C26H30O3/c1-6-11-26(16-29-22-14-17(23(27)28)7-9-20(22)26)18-8-10-19-21(15-18)25(4,5)13-12-24(19,2)3/h6-10,14-15H,1,11-13,16H2,2-5H3,(H,27,28)/p-1. The minimum Gasteiger partial charge on any atom is -0.545 e. The van der Waals surface area contributed by atoms with Crippen LogP contribution < -0.4 is 9.84 Å². The lowest BCUT2D eigenvalue weighted by Gasteiger charge is -2.43. The maximum Gasteiger partial charge on any atom is 0.124 e. The van der Waals surface area contributed by atoms with Gasteiger partial charge in [0.15, 0.2) is 0 Å². The molecule has 3 nitrogen and oxygen atoms in total. The van der Waals surface area contributed by atoms with Gasteiger partial charge in [0.2, 0.25) is 0 Å². The fourth-order valence-electron chi connectivity index (χ4n) is 5.10. The third-order valence-corrected chi connectivity index (χ3v) is 7.11. The van der Waals surface area contributed by atoms with Gasteiger partial charge in [0, 0.05) is 11.1 Å². The van der Waals surface area contributed by atoms with E-state index in [1.165, 1.54) is 23.1 Å². The lowest BCUT2D eigenvalue weighted by Crippen LogP contribution is -2.35. The van der Waals surface area contributed by atoms with Crippen LogP contribution in [0.3, 0.4) is 0 Å². The molecular formula is C26H29O3-. The van der Waals surface area contributed by atoms with Crippen molar-refractivity contribution < 1.29 is 14.6 Å². The molecule has 0 N–H and O–H groups in total. The van der Waals surface area contributed by atoms with Crippen molar-refractivity contribution in [3.8, 4) is 5.75 Å². The molecule has 2 aliphatic rings. The summed E-state index contributed by atoms with van der Waals surface area (Å²) in [6.07, 6.45) is 5.00. The highest BCUT2D eigenvalue weighted by atomic mass is 16.5. The summed E-state index contributed by atoms with van der Waals surface area (Å²) in [6.45, 7) is 13.8. The summed E-state index contributed by atoms with van der Waals surface area (Å²) >= 11 is 0. The molecule has 0 bridgehead atoms. The van der Waals surface area contributed by atoms with Crippen LogP contribution in [-0.4, -0.2) is 12.6 Å².